The van der Waals surface area contributed by atoms with Crippen LogP contribution in [0.3, 0.4) is 0 Å². The molecule has 0 aliphatic carbocycles. The number of hydrogen-bond donors (Lipinski definition) is 0. The molecule has 270 valence electrons. The number of ether oxygens (including phenoxy) is 1. The predicted octanol–water partition coefficient (Wildman–Crippen LogP) is 12.1. The van der Waals surface area contributed by atoms with Gasteiger partial charge in [0.25, 0.3) is 0 Å². The van der Waals surface area contributed by atoms with E-state index in [1.165, 1.54) is 34.5 Å². The van der Waals surface area contributed by atoms with E-state index in [0.717, 1.165) is 38.9 Å². The first kappa shape index (κ1) is 31.8. The van der Waals surface area contributed by atoms with Gasteiger partial charge in [-0.1, -0.05) is 105 Å². The first-order chi connectivity index (χ1) is 27.0. The molecule has 0 spiro atoms. The maximum Gasteiger partial charge on any atom is 0.135 e. The number of hydrogen-bond acceptors (Lipinski definition) is 4. The summed E-state index contributed by atoms with van der Waals surface area (Å²) in [4.78, 5) is 9.05. The maximum absolute atomic E-state index is 7.99. The summed E-state index contributed by atoms with van der Waals surface area (Å²) in [5.74, 6) is 1.54. The molecule has 0 N–H and O–H groups in total. The second-order valence-electron chi connectivity index (χ2n) is 14.4. The van der Waals surface area contributed by atoms with E-state index in [-0.39, 0.29) is 32.0 Å². The van der Waals surface area contributed by atoms with Crippen LogP contribution in [0.4, 0.5) is 17.1 Å². The zero-order valence-electron chi connectivity index (χ0n) is 33.2. The summed E-state index contributed by atoms with van der Waals surface area (Å²) in [6.07, 6.45) is 1.54. The standard InChI is InChI=1S/C48H39N4O.Pt/c1-33-26-27-49-46(28-33)52-42-21-9-8-19-39(42)40-25-24-38(30-45(40)52)53-37-18-13-17-36(29-37)51-32-50(43-22-10-11-23-44(43)51)31-35-16-12-20-41(48(2,3)4)47(35)34-14-6-5-7-15-34;/h5-28,32H,31H2,1-4H3;/q-3;/i1D3;. The first-order valence-corrected chi connectivity index (χ1v) is 17.8. The molecule has 1 aliphatic rings. The minimum absolute atomic E-state index is 0. The van der Waals surface area contributed by atoms with Gasteiger partial charge in [0.05, 0.1) is 0 Å². The number of para-hydroxylation sites is 3. The Labute approximate surface area is 336 Å². The summed E-state index contributed by atoms with van der Waals surface area (Å²) in [6.45, 7) is 7.39. The van der Waals surface area contributed by atoms with Gasteiger partial charge in [-0.25, -0.2) is 4.98 Å². The molecule has 0 fully saturated rings. The summed E-state index contributed by atoms with van der Waals surface area (Å²) >= 11 is 0. The van der Waals surface area contributed by atoms with Crippen LogP contribution in [-0.4, -0.2) is 9.55 Å². The van der Waals surface area contributed by atoms with Gasteiger partial charge in [0.2, 0.25) is 0 Å². The number of nitrogens with zero attached hydrogens (tertiary/aromatic N) is 4. The van der Waals surface area contributed by atoms with Gasteiger partial charge in [-0.3, -0.25) is 0 Å². The smallest absolute Gasteiger partial charge is 0.135 e. The van der Waals surface area contributed by atoms with Gasteiger partial charge in [0.1, 0.15) is 5.82 Å². The Bertz CT molecular complexity index is 2740. The van der Waals surface area contributed by atoms with Gasteiger partial charge in [-0.05, 0) is 75.8 Å². The van der Waals surface area contributed by atoms with E-state index in [1.54, 1.807) is 6.07 Å². The van der Waals surface area contributed by atoms with E-state index >= 15 is 0 Å². The Morgan fingerprint density at radius 2 is 1.50 bits per heavy atom. The summed E-state index contributed by atoms with van der Waals surface area (Å²) in [5, 5.41) is 1.97. The van der Waals surface area contributed by atoms with Gasteiger partial charge in [0.15, 0.2) is 0 Å². The average Bonchev–Trinajstić information content (AvgIpc) is 3.73. The van der Waals surface area contributed by atoms with Crippen molar-refractivity contribution >= 4 is 38.9 Å². The quantitative estimate of drug-likeness (QED) is 0.149. The summed E-state index contributed by atoms with van der Waals surface area (Å²) in [7, 11) is 0. The van der Waals surface area contributed by atoms with Crippen LogP contribution in [0.25, 0.3) is 38.8 Å². The van der Waals surface area contributed by atoms with Crippen LogP contribution in [-0.2, 0) is 33.0 Å². The number of pyridine rings is 1. The number of aryl methyl sites for hydroxylation is 1. The Kier molecular flexibility index (Phi) is 8.43. The molecular weight excluding hydrogens is 844 g/mol. The van der Waals surface area contributed by atoms with Crippen LogP contribution < -0.4 is 14.5 Å². The summed E-state index contributed by atoms with van der Waals surface area (Å²) in [5.41, 5.74) is 9.88. The second kappa shape index (κ2) is 14.3. The van der Waals surface area contributed by atoms with Crippen molar-refractivity contribution in [3.05, 3.63) is 181 Å². The second-order valence-corrected chi connectivity index (χ2v) is 14.4. The van der Waals surface area contributed by atoms with E-state index in [9.17, 15) is 0 Å². The third-order valence-electron chi connectivity index (χ3n) is 9.83. The molecule has 54 heavy (non-hydrogen) atoms. The van der Waals surface area contributed by atoms with Crippen LogP contribution in [0.1, 0.15) is 41.6 Å². The molecule has 3 heterocycles. The minimum Gasteiger partial charge on any atom is -0.509 e. The Balaban J connectivity index is 0.00000455. The molecule has 6 heteroatoms. The molecule has 0 unspecified atom stereocenters. The number of anilines is 3. The fraction of sp³-hybridized carbons (Fsp3) is 0.125. The van der Waals surface area contributed by atoms with Crippen molar-refractivity contribution in [3.63, 3.8) is 0 Å². The van der Waals surface area contributed by atoms with Crippen molar-refractivity contribution in [1.82, 2.24) is 9.55 Å². The fourth-order valence-electron chi connectivity index (χ4n) is 7.45. The van der Waals surface area contributed by atoms with Crippen LogP contribution in [0.2, 0.25) is 0 Å². The van der Waals surface area contributed by atoms with E-state index in [4.69, 9.17) is 8.85 Å². The summed E-state index contributed by atoms with van der Waals surface area (Å²) < 4.78 is 32.4. The largest absolute Gasteiger partial charge is 0.509 e. The third kappa shape index (κ3) is 6.48. The molecular formula is C48H39N4OPt-3. The minimum atomic E-state index is -2.26. The van der Waals surface area contributed by atoms with Crippen molar-refractivity contribution in [2.45, 2.75) is 39.6 Å². The van der Waals surface area contributed by atoms with Crippen molar-refractivity contribution in [2.75, 3.05) is 9.80 Å². The van der Waals surface area contributed by atoms with E-state index in [2.05, 4.69) is 127 Å². The number of fused-ring (bicyclic) bond motifs is 4. The van der Waals surface area contributed by atoms with Gasteiger partial charge in [-0.15, -0.1) is 41.4 Å². The number of rotatable bonds is 7. The first-order valence-electron chi connectivity index (χ1n) is 19.3. The van der Waals surface area contributed by atoms with Crippen LogP contribution in [0.5, 0.6) is 11.5 Å². The molecule has 8 aromatic rings. The molecule has 9 rings (SSSR count). The molecule has 2 aromatic heterocycles. The molecule has 6 aromatic carbocycles. The molecule has 0 atom stereocenters. The topological polar surface area (TPSA) is 33.5 Å². The van der Waals surface area contributed by atoms with Crippen LogP contribution in [0.15, 0.2) is 146 Å². The molecule has 5 nitrogen and oxygen atoms in total. The van der Waals surface area contributed by atoms with Crippen LogP contribution in [0, 0.1) is 25.7 Å². The van der Waals surface area contributed by atoms with Crippen molar-refractivity contribution in [2.24, 2.45) is 0 Å². The monoisotopic (exact) mass is 885 g/mol. The van der Waals surface area contributed by atoms with Crippen molar-refractivity contribution in [1.29, 1.82) is 0 Å². The molecule has 0 amide bonds. The zero-order chi connectivity index (χ0) is 38.6. The van der Waals surface area contributed by atoms with Gasteiger partial charge < -0.3 is 19.1 Å². The van der Waals surface area contributed by atoms with E-state index in [0.29, 0.717) is 23.9 Å². The third-order valence-corrected chi connectivity index (χ3v) is 9.83. The molecule has 0 bridgehead atoms. The van der Waals surface area contributed by atoms with Crippen LogP contribution >= 0.6 is 0 Å². The van der Waals surface area contributed by atoms with E-state index in [1.807, 2.05) is 59.2 Å². The zero-order valence-corrected chi connectivity index (χ0v) is 32.4. The van der Waals surface area contributed by atoms with Gasteiger partial charge >= 0.3 is 0 Å². The normalized spacial score (nSPS) is 13.6. The van der Waals surface area contributed by atoms with Crippen molar-refractivity contribution in [3.8, 4) is 28.4 Å². The Morgan fingerprint density at radius 3 is 2.33 bits per heavy atom. The molecule has 1 aliphatic heterocycles. The van der Waals surface area contributed by atoms with E-state index < -0.39 is 6.85 Å². The Hall–Kier alpha value is -5.64. The SMILES string of the molecule is [2H]C([2H])([2H])c1ccnc(-n2c3[c-]c(Oc4[c-]c(N5[CH-]N(Cc6cccc(C(C)(C)C)c6-c6ccccc6)c6ccccc65)ccc4)ccc3c3ccccc32)c1.[Pt]. The van der Waals surface area contributed by atoms with Crippen molar-refractivity contribution < 1.29 is 29.9 Å². The maximum atomic E-state index is 7.99. The fourth-order valence-corrected chi connectivity index (χ4v) is 7.45. The average molecular weight is 886 g/mol. The predicted molar refractivity (Wildman–Crippen MR) is 217 cm³/mol. The summed E-state index contributed by atoms with van der Waals surface area (Å²) in [6, 6.07) is 53.7. The number of aromatic nitrogens is 2. The van der Waals surface area contributed by atoms with Gasteiger partial charge in [-0.2, -0.15) is 18.8 Å². The Morgan fingerprint density at radius 1 is 0.741 bits per heavy atom. The molecule has 0 saturated heterocycles. The van der Waals surface area contributed by atoms with Gasteiger partial charge in [0, 0.05) is 66.3 Å². The molecule has 0 radical (unpaired) electrons. The number of benzene rings is 6. The molecule has 0 saturated carbocycles.